The molecule has 0 spiro atoms. The molecule has 0 aliphatic carbocycles. The molecular weight excluding hydrogens is 338 g/mol. The molecule has 3 aromatic rings. The molecule has 3 rings (SSSR count). The molecule has 0 aliphatic heterocycles. The summed E-state index contributed by atoms with van der Waals surface area (Å²) in [5.74, 6) is -0.508. The lowest BCUT2D eigenvalue weighted by molar-refractivity contribution is 0.0821. The van der Waals surface area contributed by atoms with E-state index in [4.69, 9.17) is 0 Å². The molecule has 0 bridgehead atoms. The maximum atomic E-state index is 12.5. The number of aryl methyl sites for hydroxylation is 1. The highest BCUT2D eigenvalue weighted by Gasteiger charge is 2.16. The Labute approximate surface area is 148 Å². The average Bonchev–Trinajstić information content (AvgIpc) is 3.24. The molecule has 0 aromatic carbocycles. The summed E-state index contributed by atoms with van der Waals surface area (Å²) in [6, 6.07) is 6.96. The first-order chi connectivity index (χ1) is 12.0. The van der Waals surface area contributed by atoms with Crippen LogP contribution in [0.4, 0.5) is 5.13 Å². The van der Waals surface area contributed by atoms with Gasteiger partial charge in [-0.05, 0) is 31.2 Å². The maximum Gasteiger partial charge on any atom is 0.271 e. The summed E-state index contributed by atoms with van der Waals surface area (Å²) in [7, 11) is 3.31. The molecule has 0 saturated carbocycles. The maximum absolute atomic E-state index is 12.5. The van der Waals surface area contributed by atoms with Gasteiger partial charge < -0.3 is 9.88 Å². The van der Waals surface area contributed by atoms with E-state index < -0.39 is 0 Å². The summed E-state index contributed by atoms with van der Waals surface area (Å²) in [5, 5.41) is 5.14. The monoisotopic (exact) mass is 355 g/mol. The molecule has 0 saturated heterocycles. The number of carbonyl (C=O) groups excluding carboxylic acids is 2. The van der Waals surface area contributed by atoms with E-state index in [2.05, 4.69) is 20.3 Å². The van der Waals surface area contributed by atoms with Crippen molar-refractivity contribution in [1.82, 2.24) is 19.9 Å². The van der Waals surface area contributed by atoms with Crippen molar-refractivity contribution < 1.29 is 9.59 Å². The summed E-state index contributed by atoms with van der Waals surface area (Å²) < 4.78 is 0. The van der Waals surface area contributed by atoms with Crippen LogP contribution in [-0.4, -0.2) is 45.8 Å². The van der Waals surface area contributed by atoms with Crippen LogP contribution in [0.15, 0.2) is 35.8 Å². The Morgan fingerprint density at radius 3 is 2.64 bits per heavy atom. The number of H-pyrrole nitrogens is 1. The van der Waals surface area contributed by atoms with E-state index in [0.29, 0.717) is 22.1 Å². The number of carbonyl (C=O) groups is 2. The molecule has 3 aromatic heterocycles. The number of aromatic amines is 1. The van der Waals surface area contributed by atoms with Crippen molar-refractivity contribution in [3.8, 4) is 11.4 Å². The predicted octanol–water partition coefficient (Wildman–Crippen LogP) is 2.80. The number of thiazole rings is 1. The highest BCUT2D eigenvalue weighted by Crippen LogP contribution is 2.24. The minimum atomic E-state index is -0.304. The van der Waals surface area contributed by atoms with Crippen LogP contribution in [0.5, 0.6) is 0 Å². The first-order valence-electron chi connectivity index (χ1n) is 7.55. The van der Waals surface area contributed by atoms with Crippen LogP contribution in [0.1, 0.15) is 26.5 Å². The van der Waals surface area contributed by atoms with E-state index in [1.54, 1.807) is 33.2 Å². The molecule has 7 nitrogen and oxygen atoms in total. The third-order valence-electron chi connectivity index (χ3n) is 3.55. The molecule has 2 N–H and O–H groups in total. The predicted molar refractivity (Wildman–Crippen MR) is 96.8 cm³/mol. The lowest BCUT2D eigenvalue weighted by Gasteiger charge is -2.11. The number of hydrogen-bond donors (Lipinski definition) is 2. The van der Waals surface area contributed by atoms with Crippen LogP contribution in [0.3, 0.4) is 0 Å². The molecule has 0 atom stereocenters. The molecule has 25 heavy (non-hydrogen) atoms. The second-order valence-corrected chi connectivity index (χ2v) is 6.46. The van der Waals surface area contributed by atoms with Gasteiger partial charge in [0.15, 0.2) is 5.13 Å². The van der Waals surface area contributed by atoms with E-state index in [1.165, 1.54) is 16.2 Å². The van der Waals surface area contributed by atoms with E-state index in [0.717, 1.165) is 11.4 Å². The van der Waals surface area contributed by atoms with E-state index in [1.807, 2.05) is 23.7 Å². The number of nitrogens with zero attached hydrogens (tertiary/aromatic N) is 3. The second kappa shape index (κ2) is 6.86. The van der Waals surface area contributed by atoms with Crippen LogP contribution >= 0.6 is 11.3 Å². The van der Waals surface area contributed by atoms with Gasteiger partial charge in [0.25, 0.3) is 11.8 Å². The van der Waals surface area contributed by atoms with Crippen LogP contribution < -0.4 is 5.32 Å². The van der Waals surface area contributed by atoms with Gasteiger partial charge >= 0.3 is 0 Å². The topological polar surface area (TPSA) is 91.0 Å². The van der Waals surface area contributed by atoms with E-state index >= 15 is 0 Å². The van der Waals surface area contributed by atoms with Gasteiger partial charge in [0.1, 0.15) is 5.69 Å². The highest BCUT2D eigenvalue weighted by atomic mass is 32.1. The number of rotatable bonds is 4. The molecule has 0 unspecified atom stereocenters. The Morgan fingerprint density at radius 2 is 2.00 bits per heavy atom. The lowest BCUT2D eigenvalue weighted by Crippen LogP contribution is -2.23. The molecular formula is C17H17N5O2S. The van der Waals surface area contributed by atoms with Crippen LogP contribution in [0, 0.1) is 6.92 Å². The molecule has 2 amide bonds. The zero-order chi connectivity index (χ0) is 18.0. The van der Waals surface area contributed by atoms with Gasteiger partial charge in [-0.2, -0.15) is 0 Å². The Balaban J connectivity index is 1.76. The number of amides is 2. The summed E-state index contributed by atoms with van der Waals surface area (Å²) in [5.41, 5.74) is 2.87. The Bertz CT molecular complexity index is 915. The van der Waals surface area contributed by atoms with Crippen LogP contribution in [-0.2, 0) is 0 Å². The van der Waals surface area contributed by atoms with Gasteiger partial charge in [-0.15, -0.1) is 11.3 Å². The first-order valence-corrected chi connectivity index (χ1v) is 8.43. The smallest absolute Gasteiger partial charge is 0.271 e. The molecule has 8 heteroatoms. The van der Waals surface area contributed by atoms with Crippen molar-refractivity contribution in [2.75, 3.05) is 19.4 Å². The normalized spacial score (nSPS) is 10.5. The summed E-state index contributed by atoms with van der Waals surface area (Å²) in [6.45, 7) is 1.70. The highest BCUT2D eigenvalue weighted by molar-refractivity contribution is 7.14. The number of anilines is 1. The summed E-state index contributed by atoms with van der Waals surface area (Å²) in [6.07, 6.45) is 1.82. The fourth-order valence-corrected chi connectivity index (χ4v) is 2.96. The van der Waals surface area contributed by atoms with Gasteiger partial charge in [0.05, 0.1) is 22.6 Å². The minimum absolute atomic E-state index is 0.203. The number of pyridine rings is 1. The van der Waals surface area contributed by atoms with Crippen molar-refractivity contribution in [1.29, 1.82) is 0 Å². The van der Waals surface area contributed by atoms with Gasteiger partial charge in [-0.1, -0.05) is 0 Å². The van der Waals surface area contributed by atoms with E-state index in [9.17, 15) is 9.59 Å². The van der Waals surface area contributed by atoms with Gasteiger partial charge in [-0.3, -0.25) is 14.9 Å². The minimum Gasteiger partial charge on any atom is -0.360 e. The van der Waals surface area contributed by atoms with Gasteiger partial charge in [0, 0.05) is 25.7 Å². The number of aromatic nitrogens is 3. The Kier molecular flexibility index (Phi) is 4.62. The van der Waals surface area contributed by atoms with Gasteiger partial charge in [0.2, 0.25) is 0 Å². The zero-order valence-corrected chi connectivity index (χ0v) is 14.8. The molecule has 0 fully saturated rings. The molecule has 3 heterocycles. The van der Waals surface area contributed by atoms with Crippen molar-refractivity contribution in [3.63, 3.8) is 0 Å². The third-order valence-corrected chi connectivity index (χ3v) is 4.31. The largest absolute Gasteiger partial charge is 0.360 e. The van der Waals surface area contributed by atoms with Crippen molar-refractivity contribution in [2.45, 2.75) is 6.92 Å². The summed E-state index contributed by atoms with van der Waals surface area (Å²) >= 11 is 1.34. The number of hydrogen-bond acceptors (Lipinski definition) is 5. The van der Waals surface area contributed by atoms with Crippen molar-refractivity contribution >= 4 is 28.3 Å². The second-order valence-electron chi connectivity index (χ2n) is 5.60. The number of nitrogens with one attached hydrogen (secondary N) is 2. The fraction of sp³-hybridized carbons (Fsp3) is 0.176. The summed E-state index contributed by atoms with van der Waals surface area (Å²) in [4.78, 5) is 37.5. The molecule has 0 aliphatic rings. The first kappa shape index (κ1) is 16.8. The van der Waals surface area contributed by atoms with Crippen LogP contribution in [0.25, 0.3) is 11.4 Å². The average molecular weight is 355 g/mol. The Morgan fingerprint density at radius 1 is 1.20 bits per heavy atom. The SMILES string of the molecule is Cc1nc(C(=O)N(C)C)ccc1C(=O)Nc1nc(-c2ccc[nH]2)cs1. The Hall–Kier alpha value is -3.00. The lowest BCUT2D eigenvalue weighted by atomic mass is 10.1. The van der Waals surface area contributed by atoms with E-state index in [-0.39, 0.29) is 11.8 Å². The quantitative estimate of drug-likeness (QED) is 0.753. The third kappa shape index (κ3) is 3.58. The van der Waals surface area contributed by atoms with Gasteiger partial charge in [-0.25, -0.2) is 9.97 Å². The van der Waals surface area contributed by atoms with Crippen molar-refractivity contribution in [3.05, 3.63) is 52.8 Å². The van der Waals surface area contributed by atoms with Crippen molar-refractivity contribution in [2.24, 2.45) is 0 Å². The zero-order valence-electron chi connectivity index (χ0n) is 14.0. The molecule has 128 valence electrons. The standard InChI is InChI=1S/C17H17N5O2S/c1-10-11(6-7-13(19-10)16(24)22(2)3)15(23)21-17-20-14(9-25-17)12-5-4-8-18-12/h4-9,18H,1-3H3,(H,20,21,23). The van der Waals surface area contributed by atoms with Crippen LogP contribution in [0.2, 0.25) is 0 Å². The fourth-order valence-electron chi connectivity index (χ4n) is 2.26. The molecule has 0 radical (unpaired) electrons.